The van der Waals surface area contributed by atoms with Crippen LogP contribution in [0.25, 0.3) is 11.1 Å². The Balaban J connectivity index is 1.78. The van der Waals surface area contributed by atoms with Crippen molar-refractivity contribution < 1.29 is 14.3 Å². The Hall–Kier alpha value is -3.67. The molecule has 6 heteroatoms. The van der Waals surface area contributed by atoms with E-state index in [9.17, 15) is 9.59 Å². The molecule has 158 valence electrons. The normalized spacial score (nSPS) is 17.6. The van der Waals surface area contributed by atoms with Gasteiger partial charge in [0.05, 0.1) is 24.4 Å². The number of carbonyl (C=O) groups excluding carboxylic acids is 2. The van der Waals surface area contributed by atoms with Gasteiger partial charge in [-0.3, -0.25) is 9.78 Å². The average Bonchev–Trinajstić information content (AvgIpc) is 2.79. The summed E-state index contributed by atoms with van der Waals surface area (Å²) >= 11 is 0. The molecule has 2 unspecified atom stereocenters. The van der Waals surface area contributed by atoms with Gasteiger partial charge in [0, 0.05) is 31.0 Å². The van der Waals surface area contributed by atoms with E-state index < -0.39 is 0 Å². The van der Waals surface area contributed by atoms with Crippen LogP contribution >= 0.6 is 0 Å². The third-order valence-electron chi connectivity index (χ3n) is 5.64. The van der Waals surface area contributed by atoms with Crippen LogP contribution in [0.1, 0.15) is 42.2 Å². The first-order valence-electron chi connectivity index (χ1n) is 10.3. The predicted molar refractivity (Wildman–Crippen MR) is 121 cm³/mol. The van der Waals surface area contributed by atoms with Crippen molar-refractivity contribution in [1.82, 2.24) is 4.98 Å². The van der Waals surface area contributed by atoms with Gasteiger partial charge in [0.25, 0.3) is 0 Å². The van der Waals surface area contributed by atoms with Crippen LogP contribution < -0.4 is 10.2 Å². The summed E-state index contributed by atoms with van der Waals surface area (Å²) in [7, 11) is 1.38. The van der Waals surface area contributed by atoms with Gasteiger partial charge < -0.3 is 15.0 Å². The molecule has 0 fully saturated rings. The summed E-state index contributed by atoms with van der Waals surface area (Å²) in [6, 6.07) is 17.4. The quantitative estimate of drug-likeness (QED) is 0.618. The van der Waals surface area contributed by atoms with E-state index in [2.05, 4.69) is 23.3 Å². The highest BCUT2D eigenvalue weighted by molar-refractivity contribution is 5.95. The number of amides is 1. The number of methoxy groups -OCH3 is 1. The first-order chi connectivity index (χ1) is 15.0. The Labute approximate surface area is 181 Å². The molecule has 1 aliphatic rings. The van der Waals surface area contributed by atoms with Gasteiger partial charge in [0.2, 0.25) is 5.91 Å². The highest BCUT2D eigenvalue weighted by Gasteiger charge is 2.32. The van der Waals surface area contributed by atoms with E-state index in [4.69, 9.17) is 4.74 Å². The summed E-state index contributed by atoms with van der Waals surface area (Å²) in [5.41, 5.74) is 5.26. The monoisotopic (exact) mass is 415 g/mol. The van der Waals surface area contributed by atoms with Crippen molar-refractivity contribution >= 4 is 23.3 Å². The molecule has 0 aliphatic carbocycles. The summed E-state index contributed by atoms with van der Waals surface area (Å²) in [6.07, 6.45) is 4.31. The van der Waals surface area contributed by atoms with Gasteiger partial charge in [0.1, 0.15) is 0 Å². The van der Waals surface area contributed by atoms with Crippen LogP contribution in [0.15, 0.2) is 67.0 Å². The molecule has 6 nitrogen and oxygen atoms in total. The van der Waals surface area contributed by atoms with Crippen LogP contribution in [0.2, 0.25) is 0 Å². The minimum Gasteiger partial charge on any atom is -0.465 e. The molecule has 0 bridgehead atoms. The Morgan fingerprint density at radius 2 is 1.90 bits per heavy atom. The van der Waals surface area contributed by atoms with E-state index >= 15 is 0 Å². The molecule has 4 rings (SSSR count). The van der Waals surface area contributed by atoms with E-state index in [-0.39, 0.29) is 24.0 Å². The molecule has 2 atom stereocenters. The zero-order valence-electron chi connectivity index (χ0n) is 17.8. The minimum absolute atomic E-state index is 0.0218. The second-order valence-electron chi connectivity index (χ2n) is 7.76. The number of carbonyl (C=O) groups is 2. The topological polar surface area (TPSA) is 71.5 Å². The SMILES string of the molecule is COC(=O)c1cccc(-c2ccc3c(c2)C(Nc2cccnc2)CC(C)N3C(C)=O)c1. The summed E-state index contributed by atoms with van der Waals surface area (Å²) in [5, 5.41) is 3.57. The third kappa shape index (κ3) is 4.14. The molecule has 31 heavy (non-hydrogen) atoms. The minimum atomic E-state index is -0.368. The van der Waals surface area contributed by atoms with E-state index in [0.29, 0.717) is 5.56 Å². The number of nitrogens with zero attached hydrogens (tertiary/aromatic N) is 2. The standard InChI is InChI=1S/C25H25N3O3/c1-16-12-23(27-21-8-5-11-26-15-21)22-14-19(9-10-24(22)28(16)17(2)29)18-6-4-7-20(13-18)25(30)31-3/h4-11,13-16,23,27H,12H2,1-3H3. The van der Waals surface area contributed by atoms with Gasteiger partial charge in [-0.1, -0.05) is 18.2 Å². The molecule has 0 radical (unpaired) electrons. The number of esters is 1. The van der Waals surface area contributed by atoms with Crippen molar-refractivity contribution in [2.75, 3.05) is 17.3 Å². The second kappa shape index (κ2) is 8.60. The lowest BCUT2D eigenvalue weighted by Gasteiger charge is -2.39. The van der Waals surface area contributed by atoms with Gasteiger partial charge in [-0.2, -0.15) is 0 Å². The fourth-order valence-electron chi connectivity index (χ4n) is 4.25. The predicted octanol–water partition coefficient (Wildman–Crippen LogP) is 4.83. The lowest BCUT2D eigenvalue weighted by Crippen LogP contribution is -2.43. The Morgan fingerprint density at radius 3 is 2.61 bits per heavy atom. The molecule has 0 saturated carbocycles. The summed E-state index contributed by atoms with van der Waals surface area (Å²) < 4.78 is 4.85. The first-order valence-corrected chi connectivity index (χ1v) is 10.3. The van der Waals surface area contributed by atoms with Gasteiger partial charge >= 0.3 is 5.97 Å². The number of hydrogen-bond donors (Lipinski definition) is 1. The van der Waals surface area contributed by atoms with Crippen LogP contribution in [0.4, 0.5) is 11.4 Å². The average molecular weight is 415 g/mol. The van der Waals surface area contributed by atoms with Crippen molar-refractivity contribution in [3.8, 4) is 11.1 Å². The molecular formula is C25H25N3O3. The maximum absolute atomic E-state index is 12.4. The second-order valence-corrected chi connectivity index (χ2v) is 7.76. The van der Waals surface area contributed by atoms with Crippen molar-refractivity contribution in [3.63, 3.8) is 0 Å². The number of benzene rings is 2. The van der Waals surface area contributed by atoms with Gasteiger partial charge in [-0.15, -0.1) is 0 Å². The molecule has 1 aliphatic heterocycles. The van der Waals surface area contributed by atoms with Crippen molar-refractivity contribution in [3.05, 3.63) is 78.1 Å². The zero-order valence-corrected chi connectivity index (χ0v) is 17.8. The lowest BCUT2D eigenvalue weighted by molar-refractivity contribution is -0.117. The zero-order chi connectivity index (χ0) is 22.0. The number of pyridine rings is 1. The van der Waals surface area contributed by atoms with Crippen molar-refractivity contribution in [1.29, 1.82) is 0 Å². The fraction of sp³-hybridized carbons (Fsp3) is 0.240. The number of hydrogen-bond acceptors (Lipinski definition) is 5. The third-order valence-corrected chi connectivity index (χ3v) is 5.64. The Bertz CT molecular complexity index is 1110. The molecule has 1 amide bonds. The Morgan fingerprint density at radius 1 is 1.10 bits per heavy atom. The highest BCUT2D eigenvalue weighted by Crippen LogP contribution is 2.41. The molecule has 0 saturated heterocycles. The molecule has 0 spiro atoms. The summed E-state index contributed by atoms with van der Waals surface area (Å²) in [6.45, 7) is 3.67. The maximum Gasteiger partial charge on any atom is 0.337 e. The first kappa shape index (κ1) is 20.6. The van der Waals surface area contributed by atoms with Gasteiger partial charge in [-0.05, 0) is 66.4 Å². The number of rotatable bonds is 4. The number of fused-ring (bicyclic) bond motifs is 1. The molecule has 1 aromatic heterocycles. The van der Waals surface area contributed by atoms with E-state index in [1.165, 1.54) is 7.11 Å². The number of nitrogens with one attached hydrogen (secondary N) is 1. The summed E-state index contributed by atoms with van der Waals surface area (Å²) in [4.78, 5) is 30.4. The van der Waals surface area contributed by atoms with Crippen molar-refractivity contribution in [2.24, 2.45) is 0 Å². The number of aromatic nitrogens is 1. The molecule has 3 aromatic rings. The van der Waals surface area contributed by atoms with Crippen LogP contribution in [-0.4, -0.2) is 30.0 Å². The number of ether oxygens (including phenoxy) is 1. The molecule has 1 N–H and O–H groups in total. The van der Waals surface area contributed by atoms with E-state index in [0.717, 1.165) is 34.5 Å². The van der Waals surface area contributed by atoms with Crippen LogP contribution in [0.3, 0.4) is 0 Å². The molecular weight excluding hydrogens is 390 g/mol. The van der Waals surface area contributed by atoms with Gasteiger partial charge in [0.15, 0.2) is 0 Å². The van der Waals surface area contributed by atoms with Crippen LogP contribution in [0.5, 0.6) is 0 Å². The van der Waals surface area contributed by atoms with E-state index in [1.807, 2.05) is 47.4 Å². The largest absolute Gasteiger partial charge is 0.465 e. The van der Waals surface area contributed by atoms with Crippen LogP contribution in [-0.2, 0) is 9.53 Å². The molecule has 2 heterocycles. The number of anilines is 2. The van der Waals surface area contributed by atoms with Gasteiger partial charge in [-0.25, -0.2) is 4.79 Å². The lowest BCUT2D eigenvalue weighted by atomic mass is 9.88. The smallest absolute Gasteiger partial charge is 0.337 e. The fourth-order valence-corrected chi connectivity index (χ4v) is 4.25. The van der Waals surface area contributed by atoms with Crippen molar-refractivity contribution in [2.45, 2.75) is 32.4 Å². The highest BCUT2D eigenvalue weighted by atomic mass is 16.5. The van der Waals surface area contributed by atoms with Crippen LogP contribution in [0, 0.1) is 0 Å². The molecule has 2 aromatic carbocycles. The van der Waals surface area contributed by atoms with E-state index in [1.54, 1.807) is 25.4 Å². The maximum atomic E-state index is 12.4. The summed E-state index contributed by atoms with van der Waals surface area (Å²) in [5.74, 6) is -0.346. The Kier molecular flexibility index (Phi) is 5.71.